The van der Waals surface area contributed by atoms with Gasteiger partial charge in [-0.3, -0.25) is 9.59 Å². The zero-order valence-corrected chi connectivity index (χ0v) is 7.14. The van der Waals surface area contributed by atoms with Crippen LogP contribution in [0.3, 0.4) is 0 Å². The summed E-state index contributed by atoms with van der Waals surface area (Å²) in [6.07, 6.45) is 0. The molecule has 0 aliphatic heterocycles. The molecule has 4 N–H and O–H groups in total. The van der Waals surface area contributed by atoms with Gasteiger partial charge in [0.05, 0.1) is 13.1 Å². The van der Waals surface area contributed by atoms with Crippen LogP contribution in [0.25, 0.3) is 0 Å². The number of nitrogens with one attached hydrogen (secondary N) is 2. The average molecular weight is 178 g/mol. The summed E-state index contributed by atoms with van der Waals surface area (Å²) < 4.78 is 4.33. The van der Waals surface area contributed by atoms with Gasteiger partial charge in [0.2, 0.25) is 0 Å². The van der Waals surface area contributed by atoms with Crippen molar-refractivity contribution >= 4 is 11.9 Å². The van der Waals surface area contributed by atoms with Crippen LogP contribution in [0.2, 0.25) is 0 Å². The van der Waals surface area contributed by atoms with Crippen molar-refractivity contribution in [1.82, 2.24) is 10.6 Å². The number of hydrogen-bond acceptors (Lipinski definition) is 5. The van der Waals surface area contributed by atoms with E-state index in [2.05, 4.69) is 15.4 Å². The molecule has 0 amide bonds. The van der Waals surface area contributed by atoms with Crippen molar-refractivity contribution in [2.75, 3.05) is 27.2 Å². The Morgan fingerprint density at radius 1 is 1.08 bits per heavy atom. The third kappa shape index (κ3) is 7.13. The van der Waals surface area contributed by atoms with Crippen LogP contribution in [0.1, 0.15) is 0 Å². The normalized spacial score (nSPS) is 8.50. The first-order valence-corrected chi connectivity index (χ1v) is 3.23. The Kier molecular flexibility index (Phi) is 9.20. The highest BCUT2D eigenvalue weighted by molar-refractivity contribution is 5.87. The van der Waals surface area contributed by atoms with Gasteiger partial charge >= 0.3 is 11.9 Å². The molecule has 6 nitrogen and oxygen atoms in total. The van der Waals surface area contributed by atoms with Gasteiger partial charge in [-0.1, -0.05) is 0 Å². The van der Waals surface area contributed by atoms with Crippen LogP contribution in [0, 0.1) is 0 Å². The third-order valence-electron chi connectivity index (χ3n) is 0.870. The summed E-state index contributed by atoms with van der Waals surface area (Å²) in [5, 5.41) is 5.14. The van der Waals surface area contributed by atoms with Gasteiger partial charge in [-0.15, -0.1) is 0 Å². The number of rotatable bonds is 4. The van der Waals surface area contributed by atoms with Crippen LogP contribution in [0.15, 0.2) is 0 Å². The molecule has 0 heterocycles. The van der Waals surface area contributed by atoms with E-state index in [1.807, 2.05) is 0 Å². The van der Waals surface area contributed by atoms with Crippen LogP contribution in [0.4, 0.5) is 0 Å². The maximum absolute atomic E-state index is 10.6. The molecule has 0 saturated carbocycles. The lowest BCUT2D eigenvalue weighted by molar-refractivity contribution is -0.158. The summed E-state index contributed by atoms with van der Waals surface area (Å²) in [4.78, 5) is 21.2. The van der Waals surface area contributed by atoms with Gasteiger partial charge in [0.1, 0.15) is 0 Å². The minimum absolute atomic E-state index is 0. The maximum Gasteiger partial charge on any atom is 0.327 e. The zero-order chi connectivity index (χ0) is 8.69. The average Bonchev–Trinajstić information content (AvgIpc) is 1.87. The first-order valence-electron chi connectivity index (χ1n) is 3.23. The van der Waals surface area contributed by atoms with E-state index in [1.165, 1.54) is 0 Å². The Bertz CT molecular complexity index is 132. The Morgan fingerprint density at radius 3 is 1.67 bits per heavy atom. The van der Waals surface area contributed by atoms with Gasteiger partial charge in [0, 0.05) is 0 Å². The molecule has 72 valence electrons. The van der Waals surface area contributed by atoms with Crippen molar-refractivity contribution in [3.05, 3.63) is 0 Å². The number of ether oxygens (including phenoxy) is 1. The van der Waals surface area contributed by atoms with E-state index < -0.39 is 11.9 Å². The van der Waals surface area contributed by atoms with Crippen LogP contribution < -0.4 is 10.6 Å². The van der Waals surface area contributed by atoms with E-state index in [0.29, 0.717) is 0 Å². The second-order valence-electron chi connectivity index (χ2n) is 1.91. The van der Waals surface area contributed by atoms with Gasteiger partial charge in [0.15, 0.2) is 0 Å². The lowest BCUT2D eigenvalue weighted by Gasteiger charge is -2.00. The van der Waals surface area contributed by atoms with Crippen LogP contribution in [-0.4, -0.2) is 44.6 Å². The highest BCUT2D eigenvalue weighted by Crippen LogP contribution is 1.77. The summed E-state index contributed by atoms with van der Waals surface area (Å²) in [5.41, 5.74) is 0. The summed E-state index contributed by atoms with van der Waals surface area (Å²) in [5.74, 6) is -1.12. The standard InChI is InChI=1S/C6H12N2O3.H2O/c1-7-3-5(9)11-6(10)4-8-2;/h7-8H,3-4H2,1-2H3;1H2. The second kappa shape index (κ2) is 8.12. The first-order chi connectivity index (χ1) is 5.20. The molecule has 0 aromatic carbocycles. The molecule has 0 aliphatic carbocycles. The predicted molar refractivity (Wildman–Crippen MR) is 42.6 cm³/mol. The molecule has 12 heavy (non-hydrogen) atoms. The lowest BCUT2D eigenvalue weighted by Crippen LogP contribution is -2.28. The van der Waals surface area contributed by atoms with Crippen molar-refractivity contribution in [1.29, 1.82) is 0 Å². The summed E-state index contributed by atoms with van der Waals surface area (Å²) in [7, 11) is 3.20. The Morgan fingerprint density at radius 2 is 1.42 bits per heavy atom. The molecule has 6 heteroatoms. The fourth-order valence-corrected chi connectivity index (χ4v) is 0.488. The van der Waals surface area contributed by atoms with Gasteiger partial charge in [0.25, 0.3) is 0 Å². The number of esters is 2. The van der Waals surface area contributed by atoms with Crippen molar-refractivity contribution in [2.45, 2.75) is 0 Å². The van der Waals surface area contributed by atoms with Crippen LogP contribution >= 0.6 is 0 Å². The summed E-state index contributed by atoms with van der Waals surface area (Å²) >= 11 is 0. The van der Waals surface area contributed by atoms with E-state index in [0.717, 1.165) is 0 Å². The van der Waals surface area contributed by atoms with Gasteiger partial charge in [-0.2, -0.15) is 0 Å². The highest BCUT2D eigenvalue weighted by Gasteiger charge is 2.06. The molecule has 0 aromatic heterocycles. The minimum Gasteiger partial charge on any atom is -0.412 e. The minimum atomic E-state index is -0.562. The van der Waals surface area contributed by atoms with Crippen LogP contribution in [0.5, 0.6) is 0 Å². The van der Waals surface area contributed by atoms with Gasteiger partial charge < -0.3 is 20.8 Å². The predicted octanol–water partition coefficient (Wildman–Crippen LogP) is -2.33. The fourth-order valence-electron chi connectivity index (χ4n) is 0.488. The van der Waals surface area contributed by atoms with Crippen molar-refractivity contribution < 1.29 is 19.8 Å². The Hall–Kier alpha value is -0.980. The molecule has 0 unspecified atom stereocenters. The van der Waals surface area contributed by atoms with E-state index in [4.69, 9.17) is 0 Å². The molecule has 0 atom stereocenters. The molecular weight excluding hydrogens is 164 g/mol. The van der Waals surface area contributed by atoms with Crippen molar-refractivity contribution in [2.24, 2.45) is 0 Å². The highest BCUT2D eigenvalue weighted by atomic mass is 16.6. The Balaban J connectivity index is 0. The van der Waals surface area contributed by atoms with E-state index in [9.17, 15) is 9.59 Å². The van der Waals surface area contributed by atoms with Gasteiger partial charge in [-0.05, 0) is 14.1 Å². The first kappa shape index (κ1) is 13.6. The van der Waals surface area contributed by atoms with Crippen LogP contribution in [-0.2, 0) is 14.3 Å². The van der Waals surface area contributed by atoms with Gasteiger partial charge in [-0.25, -0.2) is 0 Å². The van der Waals surface area contributed by atoms with Crippen molar-refractivity contribution in [3.63, 3.8) is 0 Å². The van der Waals surface area contributed by atoms with E-state index in [-0.39, 0.29) is 18.6 Å². The lowest BCUT2D eigenvalue weighted by atomic mass is 10.6. The quantitative estimate of drug-likeness (QED) is 0.371. The maximum atomic E-state index is 10.6. The largest absolute Gasteiger partial charge is 0.412 e. The fraction of sp³-hybridized carbons (Fsp3) is 0.667. The molecule has 0 fully saturated rings. The topological polar surface area (TPSA) is 98.9 Å². The SMILES string of the molecule is CNCC(=O)OC(=O)CNC.O. The summed E-state index contributed by atoms with van der Waals surface area (Å²) in [6.45, 7) is 0.102. The molecule has 0 spiro atoms. The molecule has 0 rings (SSSR count). The second-order valence-corrected chi connectivity index (χ2v) is 1.91. The molecule has 0 aliphatic rings. The Labute approximate surface area is 70.6 Å². The molecule has 0 saturated heterocycles. The van der Waals surface area contributed by atoms with E-state index >= 15 is 0 Å². The number of carbonyl (C=O) groups excluding carboxylic acids is 2. The van der Waals surface area contributed by atoms with Crippen molar-refractivity contribution in [3.8, 4) is 0 Å². The molecule has 0 aromatic rings. The monoisotopic (exact) mass is 178 g/mol. The number of carbonyl (C=O) groups is 2. The van der Waals surface area contributed by atoms with E-state index in [1.54, 1.807) is 14.1 Å². The smallest absolute Gasteiger partial charge is 0.327 e. The number of likely N-dealkylation sites (N-methyl/N-ethyl adjacent to an activating group) is 2. The molecule has 0 radical (unpaired) electrons. The molecule has 0 bridgehead atoms. The third-order valence-corrected chi connectivity index (χ3v) is 0.870. The summed E-state index contributed by atoms with van der Waals surface area (Å²) in [6, 6.07) is 0. The number of hydrogen-bond donors (Lipinski definition) is 2. The molecular formula is C6H14N2O4. The zero-order valence-electron chi connectivity index (χ0n) is 7.14.